The van der Waals surface area contributed by atoms with Crippen molar-refractivity contribution in [1.82, 2.24) is 10.3 Å². The predicted octanol–water partition coefficient (Wildman–Crippen LogP) is 0.718. The van der Waals surface area contributed by atoms with Crippen LogP contribution in [-0.4, -0.2) is 44.2 Å². The molecule has 0 aromatic rings. The summed E-state index contributed by atoms with van der Waals surface area (Å²) < 4.78 is 4.99. The molecular formula is C11H24N4O. The van der Waals surface area contributed by atoms with Crippen molar-refractivity contribution in [2.75, 3.05) is 33.4 Å². The van der Waals surface area contributed by atoms with Crippen LogP contribution in [-0.2, 0) is 4.74 Å². The summed E-state index contributed by atoms with van der Waals surface area (Å²) in [6.07, 6.45) is 6.04. The van der Waals surface area contributed by atoms with Gasteiger partial charge in [-0.15, -0.1) is 0 Å². The lowest BCUT2D eigenvalue weighted by Gasteiger charge is -2.23. The van der Waals surface area contributed by atoms with E-state index < -0.39 is 0 Å². The van der Waals surface area contributed by atoms with Crippen LogP contribution in [0.5, 0.6) is 0 Å². The van der Waals surface area contributed by atoms with Crippen molar-refractivity contribution in [2.24, 2.45) is 10.8 Å². The number of rotatable bonds is 4. The first kappa shape index (κ1) is 13.3. The Balaban J connectivity index is 2.37. The van der Waals surface area contributed by atoms with E-state index in [1.54, 1.807) is 7.11 Å². The van der Waals surface area contributed by atoms with E-state index in [4.69, 9.17) is 10.6 Å². The molecule has 0 aliphatic carbocycles. The Morgan fingerprint density at radius 1 is 1.31 bits per heavy atom. The fraction of sp³-hybridized carbons (Fsp3) is 0.909. The molecule has 0 saturated carbocycles. The molecule has 1 rings (SSSR count). The number of hydrazine groups is 1. The van der Waals surface area contributed by atoms with Crippen LogP contribution in [0.4, 0.5) is 0 Å². The maximum Gasteiger partial charge on any atom is 0.208 e. The van der Waals surface area contributed by atoms with Crippen LogP contribution in [0.15, 0.2) is 4.99 Å². The Hall–Kier alpha value is -0.810. The molecule has 5 nitrogen and oxygen atoms in total. The molecule has 0 unspecified atom stereocenters. The van der Waals surface area contributed by atoms with E-state index in [0.29, 0.717) is 0 Å². The molecule has 0 radical (unpaired) electrons. The molecule has 3 N–H and O–H groups in total. The lowest BCUT2D eigenvalue weighted by molar-refractivity contribution is 0.197. The zero-order chi connectivity index (χ0) is 11.6. The van der Waals surface area contributed by atoms with Crippen molar-refractivity contribution < 1.29 is 4.74 Å². The Morgan fingerprint density at radius 2 is 2.00 bits per heavy atom. The molecule has 0 amide bonds. The van der Waals surface area contributed by atoms with Gasteiger partial charge < -0.3 is 9.64 Å². The molecule has 94 valence electrons. The number of nitrogens with one attached hydrogen (secondary N) is 1. The summed E-state index contributed by atoms with van der Waals surface area (Å²) in [5.41, 5.74) is 2.71. The van der Waals surface area contributed by atoms with Gasteiger partial charge in [-0.1, -0.05) is 12.8 Å². The summed E-state index contributed by atoms with van der Waals surface area (Å²) in [6.45, 7) is 3.64. The minimum Gasteiger partial charge on any atom is -0.385 e. The number of likely N-dealkylation sites (tertiary alicyclic amines) is 1. The smallest absolute Gasteiger partial charge is 0.208 e. The van der Waals surface area contributed by atoms with Gasteiger partial charge in [-0.2, -0.15) is 0 Å². The first-order valence-electron chi connectivity index (χ1n) is 6.13. The second-order valence-electron chi connectivity index (χ2n) is 4.10. The third kappa shape index (κ3) is 4.81. The van der Waals surface area contributed by atoms with Gasteiger partial charge >= 0.3 is 0 Å². The summed E-state index contributed by atoms with van der Waals surface area (Å²) in [6, 6.07) is 0. The molecule has 0 bridgehead atoms. The molecule has 0 aromatic heterocycles. The second kappa shape index (κ2) is 8.35. The third-order valence-corrected chi connectivity index (χ3v) is 2.80. The number of nitrogens with zero attached hydrogens (tertiary/aromatic N) is 2. The average molecular weight is 228 g/mol. The van der Waals surface area contributed by atoms with Gasteiger partial charge in [-0.3, -0.25) is 10.4 Å². The normalized spacial score (nSPS) is 18.4. The molecule has 5 heteroatoms. The van der Waals surface area contributed by atoms with Crippen LogP contribution in [0.1, 0.15) is 32.1 Å². The minimum absolute atomic E-state index is 0.751. The summed E-state index contributed by atoms with van der Waals surface area (Å²) in [7, 11) is 1.71. The molecule has 1 aliphatic rings. The van der Waals surface area contributed by atoms with Crippen LogP contribution >= 0.6 is 0 Å². The van der Waals surface area contributed by atoms with E-state index in [1.165, 1.54) is 25.7 Å². The Kier molecular flexibility index (Phi) is 6.92. The standard InChI is InChI=1S/C11H24N4O/c1-16-10-6-7-13-11(14-12)15-8-4-2-3-5-9-15/h2-10,12H2,1H3,(H,13,14). The number of methoxy groups -OCH3 is 1. The van der Waals surface area contributed by atoms with E-state index in [9.17, 15) is 0 Å². The number of ether oxygens (including phenoxy) is 1. The van der Waals surface area contributed by atoms with E-state index in [1.807, 2.05) is 0 Å². The van der Waals surface area contributed by atoms with E-state index >= 15 is 0 Å². The van der Waals surface area contributed by atoms with E-state index in [-0.39, 0.29) is 0 Å². The molecule has 1 saturated heterocycles. The number of hydrogen-bond donors (Lipinski definition) is 2. The maximum absolute atomic E-state index is 5.52. The zero-order valence-corrected chi connectivity index (χ0v) is 10.2. The second-order valence-corrected chi connectivity index (χ2v) is 4.10. The van der Waals surface area contributed by atoms with E-state index in [0.717, 1.165) is 38.6 Å². The van der Waals surface area contributed by atoms with Gasteiger partial charge in [0.2, 0.25) is 5.96 Å². The van der Waals surface area contributed by atoms with Crippen LogP contribution in [0.3, 0.4) is 0 Å². The minimum atomic E-state index is 0.751. The quantitative estimate of drug-likeness (QED) is 0.245. The Bertz CT molecular complexity index is 200. The predicted molar refractivity (Wildman–Crippen MR) is 66.2 cm³/mol. The third-order valence-electron chi connectivity index (χ3n) is 2.80. The van der Waals surface area contributed by atoms with Gasteiger partial charge in [0, 0.05) is 33.4 Å². The summed E-state index contributed by atoms with van der Waals surface area (Å²) in [5, 5.41) is 0. The number of hydrogen-bond acceptors (Lipinski definition) is 3. The maximum atomic E-state index is 5.52. The summed E-state index contributed by atoms with van der Waals surface area (Å²) in [5.74, 6) is 6.35. The molecule has 16 heavy (non-hydrogen) atoms. The SMILES string of the molecule is COCCCN=C(NN)N1CCCCCC1. The molecule has 1 fully saturated rings. The van der Waals surface area contributed by atoms with Crippen molar-refractivity contribution in [3.8, 4) is 0 Å². The van der Waals surface area contributed by atoms with Gasteiger partial charge in [0.15, 0.2) is 0 Å². The number of guanidine groups is 1. The van der Waals surface area contributed by atoms with Gasteiger partial charge in [0.25, 0.3) is 0 Å². The summed E-state index contributed by atoms with van der Waals surface area (Å²) >= 11 is 0. The molecular weight excluding hydrogens is 204 g/mol. The highest BCUT2D eigenvalue weighted by atomic mass is 16.5. The van der Waals surface area contributed by atoms with Crippen molar-refractivity contribution in [3.05, 3.63) is 0 Å². The van der Waals surface area contributed by atoms with Crippen molar-refractivity contribution in [2.45, 2.75) is 32.1 Å². The molecule has 1 heterocycles. The van der Waals surface area contributed by atoms with Crippen LogP contribution < -0.4 is 11.3 Å². The van der Waals surface area contributed by atoms with Crippen LogP contribution in [0.25, 0.3) is 0 Å². The van der Waals surface area contributed by atoms with Gasteiger partial charge in [-0.25, -0.2) is 5.84 Å². The highest BCUT2D eigenvalue weighted by Gasteiger charge is 2.12. The van der Waals surface area contributed by atoms with E-state index in [2.05, 4.69) is 15.3 Å². The molecule has 1 aliphatic heterocycles. The molecule has 0 aromatic carbocycles. The number of nitrogens with two attached hydrogens (primary N) is 1. The Labute approximate surface area is 98.0 Å². The number of aliphatic imine (C=N–C) groups is 1. The highest BCUT2D eigenvalue weighted by molar-refractivity contribution is 5.79. The van der Waals surface area contributed by atoms with Crippen molar-refractivity contribution in [1.29, 1.82) is 0 Å². The Morgan fingerprint density at radius 3 is 2.56 bits per heavy atom. The van der Waals surface area contributed by atoms with Gasteiger partial charge in [0.05, 0.1) is 0 Å². The first-order valence-corrected chi connectivity index (χ1v) is 6.13. The lowest BCUT2D eigenvalue weighted by Crippen LogP contribution is -2.45. The lowest BCUT2D eigenvalue weighted by atomic mass is 10.2. The first-order chi connectivity index (χ1) is 7.88. The fourth-order valence-corrected chi connectivity index (χ4v) is 1.91. The van der Waals surface area contributed by atoms with Crippen LogP contribution in [0.2, 0.25) is 0 Å². The monoisotopic (exact) mass is 228 g/mol. The van der Waals surface area contributed by atoms with Crippen molar-refractivity contribution in [3.63, 3.8) is 0 Å². The van der Waals surface area contributed by atoms with Crippen molar-refractivity contribution >= 4 is 5.96 Å². The topological polar surface area (TPSA) is 62.9 Å². The van der Waals surface area contributed by atoms with Gasteiger partial charge in [-0.05, 0) is 19.3 Å². The molecule has 0 spiro atoms. The zero-order valence-electron chi connectivity index (χ0n) is 10.2. The molecule has 0 atom stereocenters. The average Bonchev–Trinajstić information content (AvgIpc) is 2.58. The van der Waals surface area contributed by atoms with Gasteiger partial charge in [0.1, 0.15) is 0 Å². The highest BCUT2D eigenvalue weighted by Crippen LogP contribution is 2.09. The van der Waals surface area contributed by atoms with Crippen LogP contribution in [0, 0.1) is 0 Å². The summed E-state index contributed by atoms with van der Waals surface area (Å²) in [4.78, 5) is 6.72. The largest absolute Gasteiger partial charge is 0.385 e. The fourth-order valence-electron chi connectivity index (χ4n) is 1.91.